The molecule has 0 radical (unpaired) electrons. The molecule has 0 bridgehead atoms. The molecule has 2 aromatic rings. The van der Waals surface area contributed by atoms with Gasteiger partial charge in [0, 0.05) is 18.7 Å². The van der Waals surface area contributed by atoms with Gasteiger partial charge in [0.05, 0.1) is 28.5 Å². The van der Waals surface area contributed by atoms with Gasteiger partial charge in [-0.2, -0.15) is 0 Å². The number of piperidine rings is 1. The van der Waals surface area contributed by atoms with Crippen molar-refractivity contribution in [2.24, 2.45) is 5.41 Å². The summed E-state index contributed by atoms with van der Waals surface area (Å²) in [6.07, 6.45) is 9.46. The molecule has 3 fully saturated rings. The molecule has 10 heteroatoms. The monoisotopic (exact) mass is 527 g/mol. The van der Waals surface area contributed by atoms with Gasteiger partial charge in [0.1, 0.15) is 5.82 Å². The summed E-state index contributed by atoms with van der Waals surface area (Å²) in [7, 11) is -3.47. The van der Waals surface area contributed by atoms with E-state index in [9.17, 15) is 18.3 Å². The lowest BCUT2D eigenvalue weighted by Gasteiger charge is -2.34. The molecule has 1 aromatic heterocycles. The van der Waals surface area contributed by atoms with Gasteiger partial charge in [0.25, 0.3) is 5.91 Å². The first kappa shape index (κ1) is 25.9. The summed E-state index contributed by atoms with van der Waals surface area (Å²) in [4.78, 5) is 24.9. The van der Waals surface area contributed by atoms with Crippen LogP contribution in [-0.4, -0.2) is 59.9 Å². The summed E-state index contributed by atoms with van der Waals surface area (Å²) < 4.78 is 26.2. The molecule has 0 atom stereocenters. The summed E-state index contributed by atoms with van der Waals surface area (Å²) in [6.45, 7) is 5.33. The number of hydrogen-bond donors (Lipinski definition) is 3. The minimum Gasteiger partial charge on any atom is -0.394 e. The van der Waals surface area contributed by atoms with Crippen LogP contribution in [0.15, 0.2) is 35.4 Å². The minimum absolute atomic E-state index is 0.0746. The molecule has 5 rings (SSSR count). The van der Waals surface area contributed by atoms with E-state index in [0.717, 1.165) is 38.8 Å². The van der Waals surface area contributed by atoms with Gasteiger partial charge in [0.15, 0.2) is 21.5 Å². The molecular weight excluding hydrogens is 490 g/mol. The fourth-order valence-corrected chi connectivity index (χ4v) is 7.29. The lowest BCUT2D eigenvalue weighted by molar-refractivity contribution is 0.102. The van der Waals surface area contributed by atoms with Gasteiger partial charge < -0.3 is 20.6 Å². The number of amides is 1. The average Bonchev–Trinajstić information content (AvgIpc) is 3.39. The zero-order chi connectivity index (χ0) is 26.3. The Morgan fingerprint density at radius 3 is 2.51 bits per heavy atom. The van der Waals surface area contributed by atoms with Crippen LogP contribution in [-0.2, 0) is 9.84 Å². The molecule has 9 nitrogen and oxygen atoms in total. The van der Waals surface area contributed by atoms with Crippen molar-refractivity contribution in [3.8, 4) is 0 Å². The third kappa shape index (κ3) is 5.60. The topological polar surface area (TPSA) is 125 Å². The lowest BCUT2D eigenvalue weighted by Crippen LogP contribution is -2.37. The van der Waals surface area contributed by atoms with Crippen LogP contribution < -0.4 is 15.5 Å². The van der Waals surface area contributed by atoms with Crippen molar-refractivity contribution < 1.29 is 18.3 Å². The Kier molecular flexibility index (Phi) is 6.91. The van der Waals surface area contributed by atoms with Crippen LogP contribution in [0.2, 0.25) is 0 Å². The fourth-order valence-electron chi connectivity index (χ4n) is 5.39. The van der Waals surface area contributed by atoms with Crippen LogP contribution in [0.5, 0.6) is 0 Å². The van der Waals surface area contributed by atoms with Crippen LogP contribution in [0.3, 0.4) is 0 Å². The van der Waals surface area contributed by atoms with E-state index in [1.807, 2.05) is 13.8 Å². The van der Waals surface area contributed by atoms with E-state index in [2.05, 4.69) is 20.5 Å². The first-order chi connectivity index (χ1) is 17.6. The van der Waals surface area contributed by atoms with Crippen molar-refractivity contribution >= 4 is 33.2 Å². The van der Waals surface area contributed by atoms with Crippen molar-refractivity contribution in [1.82, 2.24) is 9.97 Å². The standard InChI is InChI=1S/C27H37N5O4S/c1-26(2,18-33)31-22-17-28-23(24(29-22)32-14-12-27(10-11-27)13-15-32)30-25(34)19-6-5-9-21(16-19)37(35,36)20-7-3-4-8-20/h5-6,9,16-17,20,33H,3-4,7-8,10-15,18H2,1-2H3,(H,29,31)(H,28,30,34). The number of sulfone groups is 1. The van der Waals surface area contributed by atoms with E-state index in [0.29, 0.717) is 35.7 Å². The minimum atomic E-state index is -3.47. The molecule has 3 N–H and O–H groups in total. The Bertz CT molecular complexity index is 1260. The maximum atomic E-state index is 13.3. The smallest absolute Gasteiger partial charge is 0.256 e. The van der Waals surface area contributed by atoms with E-state index in [1.165, 1.54) is 18.9 Å². The van der Waals surface area contributed by atoms with Gasteiger partial charge in [-0.1, -0.05) is 18.9 Å². The largest absolute Gasteiger partial charge is 0.394 e. The van der Waals surface area contributed by atoms with Crippen molar-refractivity contribution in [3.05, 3.63) is 36.0 Å². The quantitative estimate of drug-likeness (QED) is 0.470. The zero-order valence-electron chi connectivity index (χ0n) is 21.7. The summed E-state index contributed by atoms with van der Waals surface area (Å²) in [5.74, 6) is 1.01. The third-order valence-electron chi connectivity index (χ3n) is 8.09. The summed E-state index contributed by atoms with van der Waals surface area (Å²) in [5, 5.41) is 15.4. The van der Waals surface area contributed by atoms with Crippen molar-refractivity contribution in [2.75, 3.05) is 35.2 Å². The molecule has 2 heterocycles. The Labute approximate surface area is 219 Å². The summed E-state index contributed by atoms with van der Waals surface area (Å²) in [5.41, 5.74) is 0.168. The molecule has 200 valence electrons. The average molecular weight is 528 g/mol. The second-order valence-electron chi connectivity index (χ2n) is 11.5. The van der Waals surface area contributed by atoms with Gasteiger partial charge in [0.2, 0.25) is 0 Å². The molecule has 37 heavy (non-hydrogen) atoms. The number of anilines is 3. The number of nitrogens with zero attached hydrogens (tertiary/aromatic N) is 3. The van der Waals surface area contributed by atoms with Crippen LogP contribution in [0.4, 0.5) is 17.5 Å². The van der Waals surface area contributed by atoms with Gasteiger partial charge in [-0.15, -0.1) is 0 Å². The van der Waals surface area contributed by atoms with E-state index in [4.69, 9.17) is 4.98 Å². The number of carbonyl (C=O) groups excluding carboxylic acids is 1. The van der Waals surface area contributed by atoms with Crippen molar-refractivity contribution in [1.29, 1.82) is 0 Å². The molecule has 2 aliphatic carbocycles. The number of nitrogens with one attached hydrogen (secondary N) is 2. The Hall–Kier alpha value is -2.72. The van der Waals surface area contributed by atoms with E-state index in [1.54, 1.807) is 24.4 Å². The predicted octanol–water partition coefficient (Wildman–Crippen LogP) is 4.01. The number of carbonyl (C=O) groups is 1. The maximum absolute atomic E-state index is 13.3. The first-order valence-corrected chi connectivity index (χ1v) is 14.8. The SMILES string of the molecule is CC(C)(CO)Nc1cnc(NC(=O)c2cccc(S(=O)(=O)C3CCCC3)c2)c(N2CCC3(CC2)CC3)n1. The normalized spacial score (nSPS) is 19.7. The first-order valence-electron chi connectivity index (χ1n) is 13.3. The van der Waals surface area contributed by atoms with E-state index >= 15 is 0 Å². The molecule has 2 saturated carbocycles. The van der Waals surface area contributed by atoms with Gasteiger partial charge in [-0.05, 0) is 76.0 Å². The molecule has 0 unspecified atom stereocenters. The second kappa shape index (κ2) is 9.87. The highest BCUT2D eigenvalue weighted by Crippen LogP contribution is 2.54. The molecule has 1 aliphatic heterocycles. The third-order valence-corrected chi connectivity index (χ3v) is 10.4. The second-order valence-corrected chi connectivity index (χ2v) is 13.7. The van der Waals surface area contributed by atoms with Crippen molar-refractivity contribution in [3.63, 3.8) is 0 Å². The predicted molar refractivity (Wildman–Crippen MR) is 144 cm³/mol. The zero-order valence-corrected chi connectivity index (χ0v) is 22.5. The summed E-state index contributed by atoms with van der Waals surface area (Å²) in [6, 6.07) is 6.27. The van der Waals surface area contributed by atoms with Gasteiger partial charge in [-0.25, -0.2) is 18.4 Å². The fraction of sp³-hybridized carbons (Fsp3) is 0.593. The van der Waals surface area contributed by atoms with Crippen LogP contribution in [0.25, 0.3) is 0 Å². The molecule has 3 aliphatic rings. The Morgan fingerprint density at radius 2 is 1.86 bits per heavy atom. The molecule has 1 saturated heterocycles. The number of benzene rings is 1. The Morgan fingerprint density at radius 1 is 1.16 bits per heavy atom. The highest BCUT2D eigenvalue weighted by molar-refractivity contribution is 7.92. The van der Waals surface area contributed by atoms with Crippen LogP contribution in [0, 0.1) is 5.41 Å². The lowest BCUT2D eigenvalue weighted by atomic mass is 9.94. The van der Waals surface area contributed by atoms with E-state index < -0.39 is 21.3 Å². The number of rotatable bonds is 8. The number of aliphatic hydroxyl groups is 1. The van der Waals surface area contributed by atoms with Gasteiger partial charge in [-0.3, -0.25) is 4.79 Å². The Balaban J connectivity index is 1.40. The molecule has 1 amide bonds. The highest BCUT2D eigenvalue weighted by Gasteiger charge is 2.45. The molecular formula is C27H37N5O4S. The number of hydrogen-bond acceptors (Lipinski definition) is 8. The van der Waals surface area contributed by atoms with Gasteiger partial charge >= 0.3 is 0 Å². The number of aromatic nitrogens is 2. The highest BCUT2D eigenvalue weighted by atomic mass is 32.2. The van der Waals surface area contributed by atoms with Crippen LogP contribution >= 0.6 is 0 Å². The maximum Gasteiger partial charge on any atom is 0.256 e. The van der Waals surface area contributed by atoms with Crippen LogP contribution in [0.1, 0.15) is 75.6 Å². The molecule has 1 spiro atoms. The van der Waals surface area contributed by atoms with Crippen molar-refractivity contribution in [2.45, 2.75) is 80.9 Å². The van der Waals surface area contributed by atoms with E-state index in [-0.39, 0.29) is 22.3 Å². The number of aliphatic hydroxyl groups excluding tert-OH is 1. The molecule has 1 aromatic carbocycles. The summed E-state index contributed by atoms with van der Waals surface area (Å²) >= 11 is 0.